The van der Waals surface area contributed by atoms with Crippen LogP contribution in [-0.4, -0.2) is 28.1 Å². The van der Waals surface area contributed by atoms with Gasteiger partial charge in [-0.3, -0.25) is 4.55 Å². The van der Waals surface area contributed by atoms with Crippen LogP contribution in [0.15, 0.2) is 24.3 Å². The normalized spacial score (nSPS) is 24.1. The van der Waals surface area contributed by atoms with E-state index in [0.717, 1.165) is 6.08 Å². The van der Waals surface area contributed by atoms with E-state index in [2.05, 4.69) is 0 Å². The van der Waals surface area contributed by atoms with E-state index in [0.29, 0.717) is 11.1 Å². The molecule has 0 saturated heterocycles. The summed E-state index contributed by atoms with van der Waals surface area (Å²) in [6.45, 7) is 0. The smallest absolute Gasteiger partial charge is 0.299 e. The summed E-state index contributed by atoms with van der Waals surface area (Å²) in [7, 11) is -4.57. The first-order chi connectivity index (χ1) is 7.32. The Hall–Kier alpha value is -1.37. The van der Waals surface area contributed by atoms with E-state index < -0.39 is 15.1 Å². The fraction of sp³-hybridized carbons (Fsp3) is 0.200. The van der Waals surface area contributed by atoms with E-state index >= 15 is 0 Å². The highest BCUT2D eigenvalue weighted by atomic mass is 32.2. The number of phenols is 1. The maximum atomic E-state index is 11.0. The molecule has 1 atom stereocenters. The Labute approximate surface area is 92.4 Å². The summed E-state index contributed by atoms with van der Waals surface area (Å²) >= 11 is 0. The molecule has 1 aromatic rings. The minimum atomic E-state index is -4.57. The Kier molecular flexibility index (Phi) is 2.30. The molecule has 0 aliphatic heterocycles. The number of benzene rings is 1. The lowest BCUT2D eigenvalue weighted by Gasteiger charge is -2.25. The summed E-state index contributed by atoms with van der Waals surface area (Å²) < 4.78 is 30.9. The second kappa shape index (κ2) is 3.31. The van der Waals surface area contributed by atoms with Crippen molar-refractivity contribution in [3.8, 4) is 5.75 Å². The highest BCUT2D eigenvalue weighted by Gasteiger charge is 2.40. The predicted molar refractivity (Wildman–Crippen MR) is 57.3 cm³/mol. The van der Waals surface area contributed by atoms with Crippen LogP contribution < -0.4 is 0 Å². The molecule has 1 aliphatic carbocycles. The van der Waals surface area contributed by atoms with Gasteiger partial charge in [-0.25, -0.2) is 0 Å². The summed E-state index contributed by atoms with van der Waals surface area (Å²) in [6.07, 6.45) is 2.12. The van der Waals surface area contributed by atoms with E-state index in [9.17, 15) is 18.6 Å². The lowest BCUT2D eigenvalue weighted by Crippen LogP contribution is -2.39. The van der Waals surface area contributed by atoms with Crippen molar-refractivity contribution in [2.75, 3.05) is 0 Å². The molecule has 86 valence electrons. The Bertz CT molecular complexity index is 561. The molecule has 0 spiro atoms. The summed E-state index contributed by atoms with van der Waals surface area (Å²) in [5.74, 6) is 0.0562. The fourth-order valence-electron chi connectivity index (χ4n) is 1.63. The Morgan fingerprint density at radius 1 is 1.31 bits per heavy atom. The molecule has 1 aromatic carbocycles. The van der Waals surface area contributed by atoms with Crippen LogP contribution >= 0.6 is 0 Å². The first kappa shape index (κ1) is 11.1. The molecule has 1 aliphatic rings. The number of phenolic OH excluding ortho intramolecular Hbond substituents is 1. The maximum Gasteiger partial charge on any atom is 0.299 e. The third-order valence-electron chi connectivity index (χ3n) is 2.54. The molecule has 0 bridgehead atoms. The molecule has 2 rings (SSSR count). The Balaban J connectivity index is 2.51. The molecule has 0 aromatic heterocycles. The summed E-state index contributed by atoms with van der Waals surface area (Å²) in [6, 6.07) is 4.35. The minimum absolute atomic E-state index is 0.0562. The molecule has 6 heteroatoms. The van der Waals surface area contributed by atoms with Crippen LogP contribution in [0.25, 0.3) is 6.08 Å². The molecular weight excluding hydrogens is 232 g/mol. The van der Waals surface area contributed by atoms with Gasteiger partial charge in [0.15, 0.2) is 0 Å². The van der Waals surface area contributed by atoms with Crippen molar-refractivity contribution >= 4 is 16.2 Å². The molecule has 1 unspecified atom stereocenters. The molecule has 0 amide bonds. The van der Waals surface area contributed by atoms with Crippen LogP contribution in [0.3, 0.4) is 0 Å². The van der Waals surface area contributed by atoms with Crippen molar-refractivity contribution in [3.63, 3.8) is 0 Å². The Morgan fingerprint density at radius 3 is 2.62 bits per heavy atom. The zero-order chi connectivity index (χ0) is 12.0. The highest BCUT2D eigenvalue weighted by molar-refractivity contribution is 7.87. The van der Waals surface area contributed by atoms with E-state index in [-0.39, 0.29) is 12.2 Å². The number of hydrogen-bond acceptors (Lipinski definition) is 4. The first-order valence-corrected chi connectivity index (χ1v) is 5.96. The lowest BCUT2D eigenvalue weighted by molar-refractivity contribution is 0.160. The SMILES string of the molecule is O=S(=O)(O)C1(O)C=Cc2cc(O)ccc2C1. The van der Waals surface area contributed by atoms with Gasteiger partial charge in [-0.1, -0.05) is 12.1 Å². The average molecular weight is 242 g/mol. The van der Waals surface area contributed by atoms with Gasteiger partial charge in [0.1, 0.15) is 5.75 Å². The number of hydrogen-bond donors (Lipinski definition) is 3. The van der Waals surface area contributed by atoms with Crippen molar-refractivity contribution in [1.29, 1.82) is 0 Å². The van der Waals surface area contributed by atoms with Gasteiger partial charge >= 0.3 is 0 Å². The van der Waals surface area contributed by atoms with E-state index in [1.807, 2.05) is 0 Å². The van der Waals surface area contributed by atoms with Crippen LogP contribution in [0.1, 0.15) is 11.1 Å². The third-order valence-corrected chi connectivity index (χ3v) is 3.72. The molecule has 3 N–H and O–H groups in total. The van der Waals surface area contributed by atoms with Crippen molar-refractivity contribution < 1.29 is 23.2 Å². The van der Waals surface area contributed by atoms with Crippen molar-refractivity contribution in [2.45, 2.75) is 11.4 Å². The number of aliphatic hydroxyl groups is 1. The van der Waals surface area contributed by atoms with Crippen molar-refractivity contribution in [3.05, 3.63) is 35.4 Å². The van der Waals surface area contributed by atoms with Gasteiger partial charge in [-0.2, -0.15) is 8.42 Å². The van der Waals surface area contributed by atoms with Gasteiger partial charge in [0.2, 0.25) is 4.93 Å². The molecule has 0 heterocycles. The molecule has 0 fully saturated rings. The first-order valence-electron chi connectivity index (χ1n) is 4.52. The molecular formula is C10H10O5S. The molecule has 0 radical (unpaired) electrons. The number of rotatable bonds is 1. The standard InChI is InChI=1S/C10H10O5S/c11-9-2-1-8-6-10(12,16(13,14)15)4-3-7(8)5-9/h1-5,11-12H,6H2,(H,13,14,15). The second-order valence-electron chi connectivity index (χ2n) is 3.71. The quantitative estimate of drug-likeness (QED) is 0.625. The monoisotopic (exact) mass is 242 g/mol. The van der Waals surface area contributed by atoms with Gasteiger partial charge in [0.05, 0.1) is 0 Å². The Morgan fingerprint density at radius 2 is 2.00 bits per heavy atom. The fourth-order valence-corrected chi connectivity index (χ4v) is 2.21. The molecule has 0 saturated carbocycles. The predicted octanol–water partition coefficient (Wildman–Crippen LogP) is 0.538. The number of fused-ring (bicyclic) bond motifs is 1. The van der Waals surface area contributed by atoms with Crippen molar-refractivity contribution in [1.82, 2.24) is 0 Å². The summed E-state index contributed by atoms with van der Waals surface area (Å²) in [5, 5.41) is 19.0. The van der Waals surface area contributed by atoms with Gasteiger partial charge in [-0.15, -0.1) is 0 Å². The average Bonchev–Trinajstić information content (AvgIpc) is 2.17. The van der Waals surface area contributed by atoms with E-state index in [1.54, 1.807) is 0 Å². The van der Waals surface area contributed by atoms with E-state index in [1.165, 1.54) is 24.3 Å². The highest BCUT2D eigenvalue weighted by Crippen LogP contribution is 2.31. The van der Waals surface area contributed by atoms with Crippen LogP contribution in [0.5, 0.6) is 5.75 Å². The molecule has 5 nitrogen and oxygen atoms in total. The van der Waals surface area contributed by atoms with Crippen molar-refractivity contribution in [2.24, 2.45) is 0 Å². The largest absolute Gasteiger partial charge is 0.508 e. The van der Waals surface area contributed by atoms with Gasteiger partial charge < -0.3 is 10.2 Å². The van der Waals surface area contributed by atoms with Crippen LogP contribution in [-0.2, 0) is 16.5 Å². The minimum Gasteiger partial charge on any atom is -0.508 e. The van der Waals surface area contributed by atoms with Gasteiger partial charge in [0.25, 0.3) is 10.1 Å². The van der Waals surface area contributed by atoms with E-state index in [4.69, 9.17) is 4.55 Å². The second-order valence-corrected chi connectivity index (χ2v) is 5.37. The van der Waals surface area contributed by atoms with Gasteiger partial charge in [-0.05, 0) is 29.3 Å². The van der Waals surface area contributed by atoms with Gasteiger partial charge in [0, 0.05) is 6.42 Å². The number of aromatic hydroxyl groups is 1. The zero-order valence-corrected chi connectivity index (χ0v) is 8.98. The molecule has 16 heavy (non-hydrogen) atoms. The maximum absolute atomic E-state index is 11.0. The summed E-state index contributed by atoms with van der Waals surface area (Å²) in [4.78, 5) is -2.28. The van der Waals surface area contributed by atoms with Crippen LogP contribution in [0.4, 0.5) is 0 Å². The third kappa shape index (κ3) is 1.71. The zero-order valence-electron chi connectivity index (χ0n) is 8.16. The lowest BCUT2D eigenvalue weighted by atomic mass is 9.95. The topological polar surface area (TPSA) is 94.8 Å². The van der Waals surface area contributed by atoms with Crippen LogP contribution in [0.2, 0.25) is 0 Å². The summed E-state index contributed by atoms with van der Waals surface area (Å²) in [5.41, 5.74) is 1.16. The van der Waals surface area contributed by atoms with Crippen LogP contribution in [0, 0.1) is 0 Å².